The molecule has 3 aliphatic rings. The number of hydrogen-bond acceptors (Lipinski definition) is 2. The monoisotopic (exact) mass is 180 g/mol. The number of fused-ring (bicyclic) bond motifs is 2. The van der Waals surface area contributed by atoms with E-state index >= 15 is 0 Å². The van der Waals surface area contributed by atoms with Gasteiger partial charge in [0, 0.05) is 0 Å². The Morgan fingerprint density at radius 2 is 2.31 bits per heavy atom. The molecule has 0 amide bonds. The zero-order chi connectivity index (χ0) is 8.67. The van der Waals surface area contributed by atoms with Gasteiger partial charge in [0.05, 0.1) is 12.6 Å². The summed E-state index contributed by atoms with van der Waals surface area (Å²) in [5.41, 5.74) is 0. The Balaban J connectivity index is 1.69. The number of rotatable bonds is 1. The minimum Gasteiger partial charge on any atom is -0.463 e. The molecule has 0 aromatic heterocycles. The molecule has 3 unspecified atom stereocenters. The van der Waals surface area contributed by atoms with Crippen molar-refractivity contribution in [1.82, 2.24) is 5.32 Å². The molecule has 1 N–H and O–H groups in total. The molecule has 3 rings (SSSR count). The number of hydrogen-bond donors (Lipinski definition) is 1. The summed E-state index contributed by atoms with van der Waals surface area (Å²) in [6.07, 6.45) is 5.56. The van der Waals surface area contributed by atoms with Crippen molar-refractivity contribution in [2.45, 2.75) is 31.7 Å². The SMILES string of the molecule is C1CO/C(=N\C2CC3CCC2C3)N1. The van der Waals surface area contributed by atoms with Crippen LogP contribution < -0.4 is 5.32 Å². The molecule has 3 heteroatoms. The van der Waals surface area contributed by atoms with E-state index in [-0.39, 0.29) is 0 Å². The van der Waals surface area contributed by atoms with E-state index in [0.29, 0.717) is 6.04 Å². The van der Waals surface area contributed by atoms with Gasteiger partial charge in [0.25, 0.3) is 6.02 Å². The van der Waals surface area contributed by atoms with Gasteiger partial charge in [-0.25, -0.2) is 4.99 Å². The van der Waals surface area contributed by atoms with Crippen molar-refractivity contribution < 1.29 is 4.74 Å². The van der Waals surface area contributed by atoms with E-state index in [1.165, 1.54) is 25.7 Å². The minimum absolute atomic E-state index is 0.569. The first-order chi connectivity index (χ1) is 6.42. The molecule has 72 valence electrons. The summed E-state index contributed by atoms with van der Waals surface area (Å²) in [6.45, 7) is 1.72. The van der Waals surface area contributed by atoms with Gasteiger partial charge < -0.3 is 10.1 Å². The zero-order valence-electron chi connectivity index (χ0n) is 7.83. The second-order valence-electron chi connectivity index (χ2n) is 4.45. The second kappa shape index (κ2) is 2.89. The highest BCUT2D eigenvalue weighted by molar-refractivity contribution is 5.75. The highest BCUT2D eigenvalue weighted by Crippen LogP contribution is 2.45. The maximum atomic E-state index is 5.36. The van der Waals surface area contributed by atoms with Crippen molar-refractivity contribution >= 4 is 6.02 Å². The van der Waals surface area contributed by atoms with Gasteiger partial charge in [-0.3, -0.25) is 0 Å². The summed E-state index contributed by atoms with van der Waals surface area (Å²) >= 11 is 0. The van der Waals surface area contributed by atoms with E-state index in [1.54, 1.807) is 0 Å². The molecule has 3 nitrogen and oxygen atoms in total. The van der Waals surface area contributed by atoms with Crippen LogP contribution in [0.4, 0.5) is 0 Å². The Morgan fingerprint density at radius 1 is 1.31 bits per heavy atom. The Hall–Kier alpha value is -0.730. The van der Waals surface area contributed by atoms with Crippen LogP contribution in [0.15, 0.2) is 4.99 Å². The summed E-state index contributed by atoms with van der Waals surface area (Å²) in [5, 5.41) is 3.17. The van der Waals surface area contributed by atoms with E-state index in [0.717, 1.165) is 31.0 Å². The van der Waals surface area contributed by atoms with Crippen LogP contribution in [0.5, 0.6) is 0 Å². The summed E-state index contributed by atoms with van der Waals surface area (Å²) in [5.74, 6) is 1.84. The Kier molecular flexibility index (Phi) is 1.70. The molecule has 0 aromatic rings. The number of ether oxygens (including phenoxy) is 1. The third kappa shape index (κ3) is 1.30. The first-order valence-electron chi connectivity index (χ1n) is 5.36. The lowest BCUT2D eigenvalue weighted by molar-refractivity contribution is 0.340. The van der Waals surface area contributed by atoms with Gasteiger partial charge in [0.1, 0.15) is 6.61 Å². The van der Waals surface area contributed by atoms with Gasteiger partial charge in [-0.1, -0.05) is 6.42 Å². The van der Waals surface area contributed by atoms with Crippen LogP contribution in [-0.2, 0) is 4.74 Å². The maximum Gasteiger partial charge on any atom is 0.285 e. The predicted molar refractivity (Wildman–Crippen MR) is 50.6 cm³/mol. The first kappa shape index (κ1) is 7.65. The highest BCUT2D eigenvalue weighted by atomic mass is 16.5. The molecule has 2 saturated carbocycles. The molecule has 0 aromatic carbocycles. The van der Waals surface area contributed by atoms with Gasteiger partial charge in [-0.2, -0.15) is 0 Å². The number of amidine groups is 1. The molecule has 2 bridgehead atoms. The lowest BCUT2D eigenvalue weighted by Crippen LogP contribution is -2.22. The summed E-state index contributed by atoms with van der Waals surface area (Å²) < 4.78 is 5.36. The molecular formula is C10H16N2O. The van der Waals surface area contributed by atoms with Crippen LogP contribution >= 0.6 is 0 Å². The lowest BCUT2D eigenvalue weighted by Gasteiger charge is -2.17. The van der Waals surface area contributed by atoms with E-state index in [2.05, 4.69) is 10.3 Å². The quantitative estimate of drug-likeness (QED) is 0.656. The fourth-order valence-corrected chi connectivity index (χ4v) is 2.96. The minimum atomic E-state index is 0.569. The Morgan fingerprint density at radius 3 is 2.92 bits per heavy atom. The number of nitrogens with zero attached hydrogens (tertiary/aromatic N) is 1. The van der Waals surface area contributed by atoms with Crippen LogP contribution in [0, 0.1) is 11.8 Å². The third-order valence-electron chi connectivity index (χ3n) is 3.60. The molecule has 3 atom stereocenters. The van der Waals surface area contributed by atoms with Gasteiger partial charge in [0.2, 0.25) is 0 Å². The normalized spacial score (nSPS) is 45.2. The lowest BCUT2D eigenvalue weighted by atomic mass is 9.96. The Labute approximate surface area is 78.6 Å². The van der Waals surface area contributed by atoms with E-state index in [1.807, 2.05) is 0 Å². The third-order valence-corrected chi connectivity index (χ3v) is 3.60. The molecule has 1 saturated heterocycles. The molecule has 13 heavy (non-hydrogen) atoms. The number of aliphatic imine (C=N–C) groups is 1. The second-order valence-corrected chi connectivity index (χ2v) is 4.45. The van der Waals surface area contributed by atoms with Crippen LogP contribution in [0.25, 0.3) is 0 Å². The largest absolute Gasteiger partial charge is 0.463 e. The Bertz CT molecular complexity index is 231. The zero-order valence-corrected chi connectivity index (χ0v) is 7.83. The summed E-state index contributed by atoms with van der Waals surface area (Å²) in [7, 11) is 0. The predicted octanol–water partition coefficient (Wildman–Crippen LogP) is 1.15. The standard InChI is InChI=1S/C10H16N2O/c1-2-8-5-7(1)6-9(8)12-10-11-3-4-13-10/h7-9H,1-6H2,(H,11,12). The molecule has 1 aliphatic heterocycles. The average molecular weight is 180 g/mol. The van der Waals surface area contributed by atoms with Crippen molar-refractivity contribution in [2.24, 2.45) is 16.8 Å². The van der Waals surface area contributed by atoms with Crippen LogP contribution in [-0.4, -0.2) is 25.2 Å². The fourth-order valence-electron chi connectivity index (χ4n) is 2.96. The van der Waals surface area contributed by atoms with Crippen LogP contribution in [0.1, 0.15) is 25.7 Å². The molecule has 2 aliphatic carbocycles. The summed E-state index contributed by atoms with van der Waals surface area (Å²) in [6, 6.07) is 1.37. The van der Waals surface area contributed by atoms with Gasteiger partial charge in [-0.15, -0.1) is 0 Å². The fraction of sp³-hybridized carbons (Fsp3) is 0.900. The van der Waals surface area contributed by atoms with Crippen LogP contribution in [0.3, 0.4) is 0 Å². The maximum absolute atomic E-state index is 5.36. The van der Waals surface area contributed by atoms with Crippen molar-refractivity contribution in [3.63, 3.8) is 0 Å². The van der Waals surface area contributed by atoms with Crippen molar-refractivity contribution in [1.29, 1.82) is 0 Å². The van der Waals surface area contributed by atoms with Gasteiger partial charge in [-0.05, 0) is 31.1 Å². The summed E-state index contributed by atoms with van der Waals surface area (Å²) in [4.78, 5) is 4.64. The number of nitrogens with one attached hydrogen (secondary N) is 1. The smallest absolute Gasteiger partial charge is 0.285 e. The van der Waals surface area contributed by atoms with E-state index in [4.69, 9.17) is 4.74 Å². The van der Waals surface area contributed by atoms with E-state index < -0.39 is 0 Å². The molecular weight excluding hydrogens is 164 g/mol. The highest BCUT2D eigenvalue weighted by Gasteiger charge is 2.39. The van der Waals surface area contributed by atoms with E-state index in [9.17, 15) is 0 Å². The van der Waals surface area contributed by atoms with Crippen LogP contribution in [0.2, 0.25) is 0 Å². The van der Waals surface area contributed by atoms with Crippen molar-refractivity contribution in [3.8, 4) is 0 Å². The van der Waals surface area contributed by atoms with Crippen molar-refractivity contribution in [3.05, 3.63) is 0 Å². The average Bonchev–Trinajstić information content (AvgIpc) is 2.77. The molecule has 3 fully saturated rings. The molecule has 1 heterocycles. The molecule has 0 radical (unpaired) electrons. The van der Waals surface area contributed by atoms with Gasteiger partial charge in [0.15, 0.2) is 0 Å². The molecule has 0 spiro atoms. The van der Waals surface area contributed by atoms with Gasteiger partial charge >= 0.3 is 0 Å². The topological polar surface area (TPSA) is 33.6 Å². The van der Waals surface area contributed by atoms with Crippen molar-refractivity contribution in [2.75, 3.05) is 13.2 Å². The first-order valence-corrected chi connectivity index (χ1v) is 5.36.